The molecule has 1 aromatic carbocycles. The predicted octanol–water partition coefficient (Wildman–Crippen LogP) is 7.24. The van der Waals surface area contributed by atoms with Gasteiger partial charge in [-0.15, -0.1) is 0 Å². The molecule has 6 aromatic rings. The molecular weight excluding hydrogens is 601 g/mol. The first kappa shape index (κ1) is 29.8. The molecule has 2 saturated heterocycles. The number of fused-ring (bicyclic) bond motifs is 2. The van der Waals surface area contributed by atoms with Gasteiger partial charge in [-0.25, -0.2) is 13.2 Å². The number of hydrogen-bond acceptors (Lipinski definition) is 6. The van der Waals surface area contributed by atoms with Gasteiger partial charge in [-0.3, -0.25) is 25.0 Å². The van der Waals surface area contributed by atoms with Crippen LogP contribution in [0.2, 0.25) is 0 Å². The van der Waals surface area contributed by atoms with E-state index in [0.717, 1.165) is 87.9 Å². The van der Waals surface area contributed by atoms with Crippen LogP contribution < -0.4 is 0 Å². The number of nitrogens with zero attached hydrogens (tertiary/aromatic N) is 6. The highest BCUT2D eigenvalue weighted by atomic mass is 19.3. The minimum Gasteiger partial charge on any atom is -0.353 e. The molecule has 8 nitrogen and oxygen atoms in total. The molecule has 8 rings (SSSR count). The smallest absolute Gasteiger partial charge is 0.261 e. The number of nitrogens with one attached hydrogen (secondary N) is 2. The van der Waals surface area contributed by atoms with Crippen LogP contribution in [0.5, 0.6) is 0 Å². The fourth-order valence-electron chi connectivity index (χ4n) is 7.05. The number of halogens is 3. The molecule has 0 bridgehead atoms. The highest BCUT2D eigenvalue weighted by Crippen LogP contribution is 2.35. The lowest BCUT2D eigenvalue weighted by Gasteiger charge is -2.15. The molecule has 0 atom stereocenters. The van der Waals surface area contributed by atoms with Crippen molar-refractivity contribution in [3.05, 3.63) is 84.2 Å². The Kier molecular flexibility index (Phi) is 7.73. The van der Waals surface area contributed by atoms with E-state index in [-0.39, 0.29) is 18.8 Å². The molecule has 2 N–H and O–H groups in total. The molecule has 47 heavy (non-hydrogen) atoms. The molecule has 2 aliphatic rings. The van der Waals surface area contributed by atoms with Crippen LogP contribution >= 0.6 is 0 Å². The Bertz CT molecular complexity index is 2060. The standard InChI is InChI=1S/C36H35F3N8/c37-27-14-23(4-3-10-46-8-1-2-9-46)12-25(15-27)34-28-17-32(43-30(28)5-7-41-34)35-29-16-31(42-20-33(29)44-45-35)26-13-24(18-40-19-26)21-47-11-6-36(38,39)22-47/h5,7,12-20,43H,1-4,6,8-11,21-22H2,(H,44,45). The summed E-state index contributed by atoms with van der Waals surface area (Å²) in [4.78, 5) is 21.4. The first-order valence-electron chi connectivity index (χ1n) is 16.3. The van der Waals surface area contributed by atoms with Gasteiger partial charge in [-0.2, -0.15) is 5.10 Å². The van der Waals surface area contributed by atoms with E-state index < -0.39 is 5.92 Å². The Morgan fingerprint density at radius 1 is 0.809 bits per heavy atom. The van der Waals surface area contributed by atoms with Crippen LogP contribution in [0.3, 0.4) is 0 Å². The average Bonchev–Trinajstić information content (AvgIpc) is 3.87. The maximum atomic E-state index is 14.9. The van der Waals surface area contributed by atoms with Crippen molar-refractivity contribution in [2.45, 2.75) is 44.6 Å². The van der Waals surface area contributed by atoms with Gasteiger partial charge in [0.15, 0.2) is 0 Å². The van der Waals surface area contributed by atoms with Gasteiger partial charge >= 0.3 is 0 Å². The lowest BCUT2D eigenvalue weighted by atomic mass is 10.0. The third-order valence-electron chi connectivity index (χ3n) is 9.37. The molecule has 0 unspecified atom stereocenters. The van der Waals surface area contributed by atoms with Crippen molar-refractivity contribution < 1.29 is 13.2 Å². The zero-order chi connectivity index (χ0) is 32.0. The molecule has 0 aliphatic carbocycles. The minimum absolute atomic E-state index is 0.116. The third kappa shape index (κ3) is 6.25. The average molecular weight is 637 g/mol. The van der Waals surface area contributed by atoms with Crippen LogP contribution in [0.25, 0.3) is 55.7 Å². The number of alkyl halides is 2. The second-order valence-corrected chi connectivity index (χ2v) is 12.9. The van der Waals surface area contributed by atoms with Crippen molar-refractivity contribution >= 4 is 21.8 Å². The van der Waals surface area contributed by atoms with E-state index in [1.165, 1.54) is 12.8 Å². The maximum Gasteiger partial charge on any atom is 0.261 e. The molecule has 0 radical (unpaired) electrons. The molecule has 11 heteroatoms. The Labute approximate surface area is 270 Å². The predicted molar refractivity (Wildman–Crippen MR) is 176 cm³/mol. The van der Waals surface area contributed by atoms with Crippen molar-refractivity contribution in [1.29, 1.82) is 0 Å². The first-order valence-corrected chi connectivity index (χ1v) is 16.3. The molecule has 0 amide bonds. The summed E-state index contributed by atoms with van der Waals surface area (Å²) in [6, 6.07) is 13.1. The molecule has 0 spiro atoms. The molecule has 0 saturated carbocycles. The monoisotopic (exact) mass is 636 g/mol. The van der Waals surface area contributed by atoms with E-state index in [1.807, 2.05) is 24.3 Å². The van der Waals surface area contributed by atoms with E-state index in [0.29, 0.717) is 24.5 Å². The molecular formula is C36H35F3N8. The molecule has 2 aliphatic heterocycles. The van der Waals surface area contributed by atoms with Crippen molar-refractivity contribution in [3.8, 4) is 33.9 Å². The summed E-state index contributed by atoms with van der Waals surface area (Å²) in [5.41, 5.74) is 7.96. The first-order chi connectivity index (χ1) is 22.9. The van der Waals surface area contributed by atoms with E-state index >= 15 is 0 Å². The molecule has 7 heterocycles. The van der Waals surface area contributed by atoms with Crippen LogP contribution in [0.15, 0.2) is 67.3 Å². The minimum atomic E-state index is -2.64. The van der Waals surface area contributed by atoms with Crippen LogP contribution in [-0.4, -0.2) is 78.6 Å². The number of rotatable bonds is 9. The molecule has 240 valence electrons. The molecule has 2 fully saturated rings. The number of likely N-dealkylation sites (tertiary alicyclic amines) is 2. The summed E-state index contributed by atoms with van der Waals surface area (Å²) in [6.07, 6.45) is 11.2. The van der Waals surface area contributed by atoms with Gasteiger partial charge in [0.2, 0.25) is 0 Å². The van der Waals surface area contributed by atoms with Crippen molar-refractivity contribution in [2.75, 3.05) is 32.7 Å². The van der Waals surface area contributed by atoms with Gasteiger partial charge in [0.25, 0.3) is 5.92 Å². The van der Waals surface area contributed by atoms with Crippen LogP contribution in [0.1, 0.15) is 36.8 Å². The fraction of sp³-hybridized carbons (Fsp3) is 0.333. The lowest BCUT2D eigenvalue weighted by molar-refractivity contribution is 0.0115. The van der Waals surface area contributed by atoms with Gasteiger partial charge in [0.05, 0.1) is 35.3 Å². The Morgan fingerprint density at radius 3 is 2.51 bits per heavy atom. The zero-order valence-corrected chi connectivity index (χ0v) is 25.9. The highest BCUT2D eigenvalue weighted by molar-refractivity contribution is 6.00. The topological polar surface area (TPSA) is 89.6 Å². The van der Waals surface area contributed by atoms with Gasteiger partial charge < -0.3 is 9.88 Å². The quantitative estimate of drug-likeness (QED) is 0.174. The lowest BCUT2D eigenvalue weighted by Crippen LogP contribution is -2.24. The number of H-pyrrole nitrogens is 2. The highest BCUT2D eigenvalue weighted by Gasteiger charge is 2.38. The summed E-state index contributed by atoms with van der Waals surface area (Å²) in [5.74, 6) is -2.90. The van der Waals surface area contributed by atoms with Gasteiger partial charge in [0, 0.05) is 65.5 Å². The Balaban J connectivity index is 1.08. The van der Waals surface area contributed by atoms with Crippen LogP contribution in [0, 0.1) is 5.82 Å². The number of aromatic amines is 2. The summed E-state index contributed by atoms with van der Waals surface area (Å²) < 4.78 is 42.3. The van der Waals surface area contributed by atoms with Crippen molar-refractivity contribution in [2.24, 2.45) is 0 Å². The van der Waals surface area contributed by atoms with Gasteiger partial charge in [-0.1, -0.05) is 0 Å². The summed E-state index contributed by atoms with van der Waals surface area (Å²) >= 11 is 0. The summed E-state index contributed by atoms with van der Waals surface area (Å²) in [7, 11) is 0. The number of hydrogen-bond donors (Lipinski definition) is 2. The zero-order valence-electron chi connectivity index (χ0n) is 25.9. The van der Waals surface area contributed by atoms with E-state index in [2.05, 4.69) is 41.1 Å². The van der Waals surface area contributed by atoms with E-state index in [4.69, 9.17) is 0 Å². The second-order valence-electron chi connectivity index (χ2n) is 12.9. The number of aromatic nitrogens is 6. The van der Waals surface area contributed by atoms with Crippen molar-refractivity contribution in [3.63, 3.8) is 0 Å². The number of benzene rings is 1. The van der Waals surface area contributed by atoms with Gasteiger partial charge in [-0.05, 0) is 98.9 Å². The SMILES string of the molecule is Fc1cc(CCCN2CCCC2)cc(-c2nccc3[nH]c(-c4n[nH]c5cnc(-c6cncc(CN7CCC(F)(F)C7)c6)cc45)cc23)c1. The van der Waals surface area contributed by atoms with Gasteiger partial charge in [0.1, 0.15) is 11.5 Å². The van der Waals surface area contributed by atoms with E-state index in [1.54, 1.807) is 41.8 Å². The fourth-order valence-corrected chi connectivity index (χ4v) is 7.05. The molecule has 5 aromatic heterocycles. The number of pyridine rings is 3. The van der Waals surface area contributed by atoms with E-state index in [9.17, 15) is 13.2 Å². The maximum absolute atomic E-state index is 14.9. The summed E-state index contributed by atoms with van der Waals surface area (Å²) in [6.45, 7) is 3.90. The Hall–Kier alpha value is -4.61. The Morgan fingerprint density at radius 2 is 1.66 bits per heavy atom. The second kappa shape index (κ2) is 12.2. The number of aryl methyl sites for hydroxylation is 1. The van der Waals surface area contributed by atoms with Crippen LogP contribution in [-0.2, 0) is 13.0 Å². The van der Waals surface area contributed by atoms with Crippen molar-refractivity contribution in [1.82, 2.24) is 39.9 Å². The third-order valence-corrected chi connectivity index (χ3v) is 9.37. The summed E-state index contributed by atoms with van der Waals surface area (Å²) in [5, 5.41) is 9.45. The largest absolute Gasteiger partial charge is 0.353 e. The normalized spacial score (nSPS) is 17.0. The van der Waals surface area contributed by atoms with Crippen LogP contribution in [0.4, 0.5) is 13.2 Å².